The molecule has 0 spiro atoms. The predicted octanol–water partition coefficient (Wildman–Crippen LogP) is 7.52. The van der Waals surface area contributed by atoms with Crippen LogP contribution in [0, 0.1) is 0 Å². The Balaban J connectivity index is 1.75. The van der Waals surface area contributed by atoms with E-state index in [2.05, 4.69) is 0 Å². The molecular formula is C26H16Cl2O5. The number of aromatic carboxylic acids is 2. The highest BCUT2D eigenvalue weighted by atomic mass is 35.5. The maximum Gasteiger partial charge on any atom is 0.340 e. The van der Waals surface area contributed by atoms with Crippen molar-refractivity contribution in [1.29, 1.82) is 0 Å². The van der Waals surface area contributed by atoms with Crippen molar-refractivity contribution in [2.45, 2.75) is 0 Å². The molecule has 7 heteroatoms. The van der Waals surface area contributed by atoms with Crippen LogP contribution in [0.5, 0.6) is 11.5 Å². The number of carbonyl (C=O) groups is 2. The number of hydrogen-bond donors (Lipinski definition) is 2. The molecule has 0 aliphatic heterocycles. The van der Waals surface area contributed by atoms with E-state index in [0.29, 0.717) is 21.4 Å². The monoisotopic (exact) mass is 478 g/mol. The number of carboxylic acids is 2. The van der Waals surface area contributed by atoms with Gasteiger partial charge in [-0.15, -0.1) is 0 Å². The van der Waals surface area contributed by atoms with Crippen molar-refractivity contribution >= 4 is 35.1 Å². The zero-order chi connectivity index (χ0) is 23.5. The van der Waals surface area contributed by atoms with Crippen LogP contribution in [0.3, 0.4) is 0 Å². The van der Waals surface area contributed by atoms with Gasteiger partial charge in [-0.1, -0.05) is 59.6 Å². The SMILES string of the molecule is O=C(O)c1ccc(Oc2ccc(-c3ccc(Cl)cc3)cc2)c(C(=O)O)c1-c1ccc(Cl)cc1. The zero-order valence-corrected chi connectivity index (χ0v) is 18.5. The van der Waals surface area contributed by atoms with E-state index in [4.69, 9.17) is 27.9 Å². The second-order valence-corrected chi connectivity index (χ2v) is 7.98. The van der Waals surface area contributed by atoms with E-state index in [1.165, 1.54) is 12.1 Å². The first kappa shape index (κ1) is 22.4. The minimum absolute atomic E-state index is 0.0247. The number of ether oxygens (including phenoxy) is 1. The molecule has 0 aliphatic rings. The normalized spacial score (nSPS) is 10.6. The van der Waals surface area contributed by atoms with Gasteiger partial charge >= 0.3 is 11.9 Å². The molecule has 5 nitrogen and oxygen atoms in total. The molecule has 4 rings (SSSR count). The van der Waals surface area contributed by atoms with Crippen molar-refractivity contribution < 1.29 is 24.5 Å². The van der Waals surface area contributed by atoms with Gasteiger partial charge < -0.3 is 14.9 Å². The lowest BCUT2D eigenvalue weighted by Crippen LogP contribution is -2.09. The van der Waals surface area contributed by atoms with Crippen molar-refractivity contribution in [1.82, 2.24) is 0 Å². The summed E-state index contributed by atoms with van der Waals surface area (Å²) in [4.78, 5) is 24.0. The highest BCUT2D eigenvalue weighted by molar-refractivity contribution is 6.31. The summed E-state index contributed by atoms with van der Waals surface area (Å²) in [6.07, 6.45) is 0. The number of benzene rings is 4. The molecule has 4 aromatic carbocycles. The molecule has 0 bridgehead atoms. The van der Waals surface area contributed by atoms with Crippen molar-refractivity contribution in [3.63, 3.8) is 0 Å². The van der Waals surface area contributed by atoms with E-state index < -0.39 is 11.9 Å². The molecule has 2 N–H and O–H groups in total. The minimum Gasteiger partial charge on any atom is -0.478 e. The van der Waals surface area contributed by atoms with Crippen molar-refractivity contribution in [3.05, 3.63) is 106 Å². The van der Waals surface area contributed by atoms with E-state index in [1.54, 1.807) is 48.5 Å². The fourth-order valence-corrected chi connectivity index (χ4v) is 3.71. The topological polar surface area (TPSA) is 83.8 Å². The van der Waals surface area contributed by atoms with Gasteiger partial charge in [-0.2, -0.15) is 0 Å². The van der Waals surface area contributed by atoms with Crippen LogP contribution in [0.25, 0.3) is 22.3 Å². The third kappa shape index (κ3) is 4.85. The molecule has 0 fully saturated rings. The first-order valence-corrected chi connectivity index (χ1v) is 10.5. The molecule has 164 valence electrons. The number of carboxylic acid groups (broad SMARTS) is 2. The molecule has 0 radical (unpaired) electrons. The largest absolute Gasteiger partial charge is 0.478 e. The second kappa shape index (κ2) is 9.36. The summed E-state index contributed by atoms with van der Waals surface area (Å²) in [7, 11) is 0. The van der Waals surface area contributed by atoms with Gasteiger partial charge in [0.1, 0.15) is 17.1 Å². The molecule has 0 heterocycles. The summed E-state index contributed by atoms with van der Waals surface area (Å²) < 4.78 is 5.88. The number of hydrogen-bond acceptors (Lipinski definition) is 3. The van der Waals surface area contributed by atoms with Gasteiger partial charge in [0.05, 0.1) is 5.56 Å². The Labute approximate surface area is 199 Å². The van der Waals surface area contributed by atoms with Crippen LogP contribution >= 0.6 is 23.2 Å². The molecule has 33 heavy (non-hydrogen) atoms. The van der Waals surface area contributed by atoms with Crippen molar-refractivity contribution in [2.24, 2.45) is 0 Å². The second-order valence-electron chi connectivity index (χ2n) is 7.11. The Morgan fingerprint density at radius 2 is 1.09 bits per heavy atom. The summed E-state index contributed by atoms with van der Waals surface area (Å²) in [5.41, 5.74) is 1.94. The van der Waals surface area contributed by atoms with Crippen molar-refractivity contribution in [3.8, 4) is 33.8 Å². The van der Waals surface area contributed by atoms with Crippen LogP contribution < -0.4 is 4.74 Å². The Bertz CT molecular complexity index is 1330. The Hall–Kier alpha value is -3.80. The van der Waals surface area contributed by atoms with Crippen LogP contribution in [0.2, 0.25) is 10.0 Å². The first-order valence-electron chi connectivity index (χ1n) is 9.77. The van der Waals surface area contributed by atoms with Crippen molar-refractivity contribution in [2.75, 3.05) is 0 Å². The zero-order valence-electron chi connectivity index (χ0n) is 17.0. The average Bonchev–Trinajstić information content (AvgIpc) is 2.80. The highest BCUT2D eigenvalue weighted by Gasteiger charge is 2.25. The van der Waals surface area contributed by atoms with E-state index in [-0.39, 0.29) is 22.4 Å². The average molecular weight is 479 g/mol. The third-order valence-electron chi connectivity index (χ3n) is 5.00. The summed E-state index contributed by atoms with van der Waals surface area (Å²) in [5, 5.41) is 20.7. The minimum atomic E-state index is -1.31. The van der Waals surface area contributed by atoms with Gasteiger partial charge in [0.2, 0.25) is 0 Å². The van der Waals surface area contributed by atoms with E-state index in [0.717, 1.165) is 11.1 Å². The van der Waals surface area contributed by atoms with Crippen LogP contribution in [-0.4, -0.2) is 22.2 Å². The van der Waals surface area contributed by atoms with Gasteiger partial charge in [-0.05, 0) is 65.2 Å². The summed E-state index contributed by atoms with van der Waals surface area (Å²) >= 11 is 11.9. The van der Waals surface area contributed by atoms with Crippen LogP contribution in [0.15, 0.2) is 84.9 Å². The summed E-state index contributed by atoms with van der Waals surface area (Å²) in [5.74, 6) is -2.13. The Kier molecular flexibility index (Phi) is 6.36. The van der Waals surface area contributed by atoms with Gasteiger partial charge in [0.15, 0.2) is 0 Å². The number of rotatable bonds is 6. The lowest BCUT2D eigenvalue weighted by molar-refractivity contribution is 0.0694. The predicted molar refractivity (Wildman–Crippen MR) is 128 cm³/mol. The molecule has 0 saturated carbocycles. The van der Waals surface area contributed by atoms with Gasteiger partial charge in [0, 0.05) is 15.6 Å². The summed E-state index contributed by atoms with van der Waals surface area (Å²) in [6, 6.07) is 23.4. The van der Waals surface area contributed by atoms with E-state index >= 15 is 0 Å². The molecule has 0 aromatic heterocycles. The third-order valence-corrected chi connectivity index (χ3v) is 5.51. The Morgan fingerprint density at radius 1 is 0.606 bits per heavy atom. The van der Waals surface area contributed by atoms with E-state index in [9.17, 15) is 19.8 Å². The standard InChI is InChI=1S/C26H16Cl2O5/c27-18-7-1-15(2-8-18)16-5-11-20(12-6-16)33-22-14-13-21(25(29)30)23(24(22)26(31)32)17-3-9-19(28)10-4-17/h1-14H,(H,29,30)(H,31,32). The van der Waals surface area contributed by atoms with Crippen LogP contribution in [0.4, 0.5) is 0 Å². The molecule has 4 aromatic rings. The van der Waals surface area contributed by atoms with E-state index in [1.807, 2.05) is 24.3 Å². The smallest absolute Gasteiger partial charge is 0.340 e. The highest BCUT2D eigenvalue weighted by Crippen LogP contribution is 2.37. The van der Waals surface area contributed by atoms with Gasteiger partial charge in [-0.3, -0.25) is 0 Å². The fourth-order valence-electron chi connectivity index (χ4n) is 3.46. The first-order chi connectivity index (χ1) is 15.8. The lowest BCUT2D eigenvalue weighted by Gasteiger charge is -2.16. The maximum atomic E-state index is 12.2. The molecule has 0 aliphatic carbocycles. The molecule has 0 atom stereocenters. The molecule has 0 unspecified atom stereocenters. The summed E-state index contributed by atoms with van der Waals surface area (Å²) in [6.45, 7) is 0. The number of halogens is 2. The van der Waals surface area contributed by atoms with Crippen LogP contribution in [-0.2, 0) is 0 Å². The maximum absolute atomic E-state index is 12.2. The molecule has 0 amide bonds. The molecular weight excluding hydrogens is 463 g/mol. The van der Waals surface area contributed by atoms with Crippen LogP contribution in [0.1, 0.15) is 20.7 Å². The lowest BCUT2D eigenvalue weighted by atomic mass is 9.93. The molecule has 0 saturated heterocycles. The van der Waals surface area contributed by atoms with Gasteiger partial charge in [0.25, 0.3) is 0 Å². The fraction of sp³-hybridized carbons (Fsp3) is 0. The quantitative estimate of drug-likeness (QED) is 0.299. The van der Waals surface area contributed by atoms with Gasteiger partial charge in [-0.25, -0.2) is 9.59 Å². The Morgan fingerprint density at radius 3 is 1.58 bits per heavy atom.